The summed E-state index contributed by atoms with van der Waals surface area (Å²) in [6.07, 6.45) is 3.45. The normalized spacial score (nSPS) is 16.5. The molecule has 3 N–H and O–H groups in total. The smallest absolute Gasteiger partial charge is 0.307 e. The van der Waals surface area contributed by atoms with Crippen molar-refractivity contribution in [2.24, 2.45) is 0 Å². The van der Waals surface area contributed by atoms with Crippen LogP contribution < -0.4 is 11.1 Å². The van der Waals surface area contributed by atoms with Gasteiger partial charge in [0.25, 0.3) is 5.91 Å². The van der Waals surface area contributed by atoms with Crippen molar-refractivity contribution in [2.75, 3.05) is 12.8 Å². The van der Waals surface area contributed by atoms with Crippen LogP contribution in [0.15, 0.2) is 18.2 Å². The number of rotatable bonds is 4. The molecule has 0 unspecified atom stereocenters. The monoisotopic (exact) mass is 294 g/mol. The molecule has 0 spiro atoms. The molecule has 0 aromatic heterocycles. The first-order chi connectivity index (χ1) is 9.96. The summed E-state index contributed by atoms with van der Waals surface area (Å²) in [5.41, 5.74) is 5.38. The number of nitrogen functional groups attached to an aromatic ring is 1. The Bertz CT molecular complexity index is 554. The summed E-state index contributed by atoms with van der Waals surface area (Å²) in [5, 5.41) is 2.89. The molecule has 1 amide bonds. The molecule has 1 aromatic carbocycles. The molecule has 5 nitrogen and oxygen atoms in total. The highest BCUT2D eigenvalue weighted by atomic mass is 19.1. The van der Waals surface area contributed by atoms with Gasteiger partial charge < -0.3 is 15.8 Å². The van der Waals surface area contributed by atoms with Gasteiger partial charge in [0.1, 0.15) is 5.82 Å². The average Bonchev–Trinajstić information content (AvgIpc) is 2.86. The second-order valence-corrected chi connectivity index (χ2v) is 5.43. The Kier molecular flexibility index (Phi) is 4.45. The van der Waals surface area contributed by atoms with E-state index in [0.717, 1.165) is 31.7 Å². The van der Waals surface area contributed by atoms with Crippen molar-refractivity contribution < 1.29 is 18.7 Å². The molecule has 0 saturated heterocycles. The van der Waals surface area contributed by atoms with Gasteiger partial charge in [0.2, 0.25) is 0 Å². The number of benzene rings is 1. The number of halogens is 1. The zero-order valence-electron chi connectivity index (χ0n) is 11.9. The molecule has 0 radical (unpaired) electrons. The predicted molar refractivity (Wildman–Crippen MR) is 76.1 cm³/mol. The zero-order chi connectivity index (χ0) is 15.5. The van der Waals surface area contributed by atoms with Gasteiger partial charge in [-0.05, 0) is 31.0 Å². The van der Waals surface area contributed by atoms with Crippen LogP contribution in [0.25, 0.3) is 0 Å². The van der Waals surface area contributed by atoms with Gasteiger partial charge in [-0.15, -0.1) is 0 Å². The van der Waals surface area contributed by atoms with E-state index in [1.54, 1.807) is 0 Å². The van der Waals surface area contributed by atoms with E-state index in [2.05, 4.69) is 5.32 Å². The van der Waals surface area contributed by atoms with E-state index in [1.165, 1.54) is 19.2 Å². The Balaban J connectivity index is 2.16. The Hall–Kier alpha value is -2.11. The lowest BCUT2D eigenvalue weighted by Crippen LogP contribution is -2.48. The number of nitrogens with two attached hydrogens (primary N) is 1. The highest BCUT2D eigenvalue weighted by Crippen LogP contribution is 2.33. The predicted octanol–water partition coefficient (Wildman–Crippen LogP) is 2.01. The van der Waals surface area contributed by atoms with Crippen LogP contribution in [0, 0.1) is 5.82 Å². The van der Waals surface area contributed by atoms with Crippen LogP contribution in [0.5, 0.6) is 0 Å². The van der Waals surface area contributed by atoms with Gasteiger partial charge >= 0.3 is 5.97 Å². The van der Waals surface area contributed by atoms with Crippen molar-refractivity contribution in [3.63, 3.8) is 0 Å². The minimum absolute atomic E-state index is 0.0821. The maximum absolute atomic E-state index is 13.0. The maximum Gasteiger partial charge on any atom is 0.307 e. The first-order valence-corrected chi connectivity index (χ1v) is 6.90. The molecule has 0 heterocycles. The molecule has 1 aliphatic carbocycles. The summed E-state index contributed by atoms with van der Waals surface area (Å²) < 4.78 is 17.7. The quantitative estimate of drug-likeness (QED) is 0.657. The zero-order valence-corrected chi connectivity index (χ0v) is 11.9. The first-order valence-electron chi connectivity index (χ1n) is 6.90. The van der Waals surface area contributed by atoms with Crippen LogP contribution in [0.3, 0.4) is 0 Å². The maximum atomic E-state index is 13.0. The van der Waals surface area contributed by atoms with Crippen molar-refractivity contribution in [3.8, 4) is 0 Å². The molecule has 2 rings (SSSR count). The van der Waals surface area contributed by atoms with Gasteiger partial charge in [-0.3, -0.25) is 9.59 Å². The number of esters is 1. The fourth-order valence-electron chi connectivity index (χ4n) is 2.79. The largest absolute Gasteiger partial charge is 0.469 e. The van der Waals surface area contributed by atoms with Crippen LogP contribution >= 0.6 is 0 Å². The minimum atomic E-state index is -0.592. The van der Waals surface area contributed by atoms with E-state index in [-0.39, 0.29) is 23.6 Å². The standard InChI is InChI=1S/C15H19FN2O3/c1-21-13(19)9-15(6-2-3-7-15)18-14(20)11-5-4-10(16)8-12(11)17/h4-5,8H,2-3,6-7,9,17H2,1H3,(H,18,20). The summed E-state index contributed by atoms with van der Waals surface area (Å²) >= 11 is 0. The van der Waals surface area contributed by atoms with E-state index in [0.29, 0.717) is 0 Å². The van der Waals surface area contributed by atoms with Gasteiger partial charge in [-0.2, -0.15) is 0 Å². The Morgan fingerprint density at radius 1 is 1.38 bits per heavy atom. The number of hydrogen-bond donors (Lipinski definition) is 2. The third-order valence-corrected chi connectivity index (χ3v) is 3.91. The molecule has 0 aliphatic heterocycles. The second kappa shape index (κ2) is 6.11. The van der Waals surface area contributed by atoms with E-state index < -0.39 is 17.3 Å². The van der Waals surface area contributed by atoms with Crippen LogP contribution in [0.2, 0.25) is 0 Å². The summed E-state index contributed by atoms with van der Waals surface area (Å²) in [6.45, 7) is 0. The number of carbonyl (C=O) groups excluding carboxylic acids is 2. The third kappa shape index (κ3) is 3.51. The molecule has 114 valence electrons. The molecule has 1 aromatic rings. The van der Waals surface area contributed by atoms with Gasteiger partial charge in [0.15, 0.2) is 0 Å². The third-order valence-electron chi connectivity index (χ3n) is 3.91. The Labute approximate surface area is 122 Å². The molecule has 0 atom stereocenters. The lowest BCUT2D eigenvalue weighted by Gasteiger charge is -2.29. The molecule has 21 heavy (non-hydrogen) atoms. The number of carbonyl (C=O) groups is 2. The minimum Gasteiger partial charge on any atom is -0.469 e. The van der Waals surface area contributed by atoms with Crippen molar-refractivity contribution in [3.05, 3.63) is 29.6 Å². The molecule has 1 saturated carbocycles. The van der Waals surface area contributed by atoms with Crippen molar-refractivity contribution in [2.45, 2.75) is 37.6 Å². The van der Waals surface area contributed by atoms with E-state index in [4.69, 9.17) is 10.5 Å². The Morgan fingerprint density at radius 2 is 2.05 bits per heavy atom. The van der Waals surface area contributed by atoms with Crippen LogP contribution in [-0.2, 0) is 9.53 Å². The fraction of sp³-hybridized carbons (Fsp3) is 0.467. The van der Waals surface area contributed by atoms with Gasteiger partial charge in [-0.1, -0.05) is 12.8 Å². The molecule has 1 aliphatic rings. The first kappa shape index (κ1) is 15.3. The van der Waals surface area contributed by atoms with E-state index in [9.17, 15) is 14.0 Å². The highest BCUT2D eigenvalue weighted by Gasteiger charge is 2.38. The highest BCUT2D eigenvalue weighted by molar-refractivity contribution is 5.99. The SMILES string of the molecule is COC(=O)CC1(NC(=O)c2ccc(F)cc2N)CCCC1. The van der Waals surface area contributed by atoms with E-state index >= 15 is 0 Å². The molecule has 0 bridgehead atoms. The number of anilines is 1. The van der Waals surface area contributed by atoms with Crippen LogP contribution in [0.1, 0.15) is 42.5 Å². The summed E-state index contributed by atoms with van der Waals surface area (Å²) in [6, 6.07) is 3.64. The summed E-state index contributed by atoms with van der Waals surface area (Å²) in [4.78, 5) is 23.9. The number of methoxy groups -OCH3 is 1. The van der Waals surface area contributed by atoms with E-state index in [1.807, 2.05) is 0 Å². The molecular formula is C15H19FN2O3. The Morgan fingerprint density at radius 3 is 2.62 bits per heavy atom. The second-order valence-electron chi connectivity index (χ2n) is 5.43. The summed E-state index contributed by atoms with van der Waals surface area (Å²) in [7, 11) is 1.32. The number of amides is 1. The number of nitrogens with one attached hydrogen (secondary N) is 1. The fourth-order valence-corrected chi connectivity index (χ4v) is 2.79. The molecular weight excluding hydrogens is 275 g/mol. The number of ether oxygens (including phenoxy) is 1. The lowest BCUT2D eigenvalue weighted by atomic mass is 9.92. The van der Waals surface area contributed by atoms with Crippen molar-refractivity contribution in [1.82, 2.24) is 5.32 Å². The topological polar surface area (TPSA) is 81.4 Å². The van der Waals surface area contributed by atoms with Crippen molar-refractivity contribution >= 4 is 17.6 Å². The molecule has 1 fully saturated rings. The lowest BCUT2D eigenvalue weighted by molar-refractivity contribution is -0.142. The molecule has 6 heteroatoms. The number of hydrogen-bond acceptors (Lipinski definition) is 4. The average molecular weight is 294 g/mol. The van der Waals surface area contributed by atoms with Gasteiger partial charge in [-0.25, -0.2) is 4.39 Å². The van der Waals surface area contributed by atoms with Crippen LogP contribution in [0.4, 0.5) is 10.1 Å². The van der Waals surface area contributed by atoms with Gasteiger partial charge in [0.05, 0.1) is 24.6 Å². The van der Waals surface area contributed by atoms with Gasteiger partial charge in [0, 0.05) is 5.69 Å². The summed E-state index contributed by atoms with van der Waals surface area (Å²) in [5.74, 6) is -1.24. The van der Waals surface area contributed by atoms with Crippen molar-refractivity contribution in [1.29, 1.82) is 0 Å². The van der Waals surface area contributed by atoms with Crippen LogP contribution in [-0.4, -0.2) is 24.5 Å².